The van der Waals surface area contributed by atoms with Crippen LogP contribution in [0.4, 0.5) is 0 Å². The van der Waals surface area contributed by atoms with Crippen LogP contribution in [0.15, 0.2) is 49.1 Å². The second kappa shape index (κ2) is 4.61. The number of amidine groups is 1. The predicted molar refractivity (Wildman–Crippen MR) is 63.3 cm³/mol. The minimum absolute atomic E-state index is 0.0567. The molecule has 1 unspecified atom stereocenters. The Balaban J connectivity index is 2.32. The molecule has 0 amide bonds. The number of hydrogen-bond donors (Lipinski definition) is 2. The quantitative estimate of drug-likeness (QED) is 0.602. The summed E-state index contributed by atoms with van der Waals surface area (Å²) in [6.45, 7) is 0. The van der Waals surface area contributed by atoms with Crippen LogP contribution in [0.3, 0.4) is 0 Å². The van der Waals surface area contributed by atoms with Crippen molar-refractivity contribution in [3.8, 4) is 0 Å². The average molecular weight is 214 g/mol. The third kappa shape index (κ3) is 2.28. The smallest absolute Gasteiger partial charge is 0.0951 e. The van der Waals surface area contributed by atoms with Gasteiger partial charge in [0.05, 0.1) is 18.2 Å². The maximum atomic E-state index is 7.42. The Morgan fingerprint density at radius 1 is 1.38 bits per heavy atom. The van der Waals surface area contributed by atoms with E-state index in [9.17, 15) is 0 Å². The van der Waals surface area contributed by atoms with Crippen molar-refractivity contribution < 1.29 is 0 Å². The van der Waals surface area contributed by atoms with Gasteiger partial charge in [-0.1, -0.05) is 30.3 Å². The summed E-state index contributed by atoms with van der Waals surface area (Å²) in [6, 6.07) is 10.1. The Labute approximate surface area is 94.2 Å². The molecule has 0 bridgehead atoms. The lowest BCUT2D eigenvalue weighted by Crippen LogP contribution is -2.19. The van der Waals surface area contributed by atoms with Gasteiger partial charge in [-0.05, 0) is 5.56 Å². The first-order valence-corrected chi connectivity index (χ1v) is 5.12. The van der Waals surface area contributed by atoms with Crippen molar-refractivity contribution in [3.05, 3.63) is 54.6 Å². The van der Waals surface area contributed by atoms with E-state index in [0.29, 0.717) is 6.42 Å². The fourth-order valence-electron chi connectivity index (χ4n) is 1.73. The molecule has 0 spiro atoms. The first-order chi connectivity index (χ1) is 7.77. The van der Waals surface area contributed by atoms with Crippen LogP contribution >= 0.6 is 0 Å². The first kappa shape index (κ1) is 10.4. The molecule has 1 atom stereocenters. The topological polar surface area (TPSA) is 67.7 Å². The maximum absolute atomic E-state index is 7.42. The van der Waals surface area contributed by atoms with Crippen LogP contribution in [0.1, 0.15) is 18.0 Å². The molecule has 0 saturated heterocycles. The normalized spacial score (nSPS) is 12.2. The Bertz CT molecular complexity index is 447. The number of nitrogens with two attached hydrogens (primary N) is 1. The van der Waals surface area contributed by atoms with E-state index in [1.165, 1.54) is 0 Å². The van der Waals surface area contributed by atoms with E-state index in [0.717, 1.165) is 5.56 Å². The van der Waals surface area contributed by atoms with Gasteiger partial charge in [0.2, 0.25) is 0 Å². The Hall–Kier alpha value is -2.10. The van der Waals surface area contributed by atoms with E-state index in [1.54, 1.807) is 12.5 Å². The number of aromatic nitrogens is 2. The predicted octanol–water partition coefficient (Wildman–Crippen LogP) is 1.80. The molecule has 4 nitrogen and oxygen atoms in total. The Kier molecular flexibility index (Phi) is 3.00. The second-order valence-electron chi connectivity index (χ2n) is 3.67. The van der Waals surface area contributed by atoms with Crippen LogP contribution in [0.25, 0.3) is 0 Å². The van der Waals surface area contributed by atoms with Gasteiger partial charge in [0, 0.05) is 18.8 Å². The summed E-state index contributed by atoms with van der Waals surface area (Å²) in [6.07, 6.45) is 5.87. The largest absolute Gasteiger partial charge is 0.388 e. The minimum Gasteiger partial charge on any atom is -0.388 e. The van der Waals surface area contributed by atoms with Gasteiger partial charge in [0.15, 0.2) is 0 Å². The van der Waals surface area contributed by atoms with Crippen LogP contribution in [-0.4, -0.2) is 15.4 Å². The molecule has 1 heterocycles. The first-order valence-electron chi connectivity index (χ1n) is 5.12. The van der Waals surface area contributed by atoms with Gasteiger partial charge in [-0.25, -0.2) is 4.98 Å². The van der Waals surface area contributed by atoms with Gasteiger partial charge in [0.1, 0.15) is 0 Å². The standard InChI is InChI=1S/C12H14N4/c13-12(14)8-11(16-7-6-15-9-16)10-4-2-1-3-5-10/h1-7,9,11H,8H2,(H3,13,14). The number of nitrogens with one attached hydrogen (secondary N) is 1. The van der Waals surface area contributed by atoms with Gasteiger partial charge in [-0.2, -0.15) is 0 Å². The van der Waals surface area contributed by atoms with Crippen molar-refractivity contribution in [2.45, 2.75) is 12.5 Å². The van der Waals surface area contributed by atoms with Gasteiger partial charge < -0.3 is 10.3 Å². The monoisotopic (exact) mass is 214 g/mol. The molecule has 3 N–H and O–H groups in total. The van der Waals surface area contributed by atoms with Crippen LogP contribution in [0, 0.1) is 5.41 Å². The Morgan fingerprint density at radius 3 is 2.69 bits per heavy atom. The molecule has 4 heteroatoms. The van der Waals surface area contributed by atoms with Crippen molar-refractivity contribution in [3.63, 3.8) is 0 Å². The lowest BCUT2D eigenvalue weighted by molar-refractivity contribution is 0.602. The molecule has 16 heavy (non-hydrogen) atoms. The summed E-state index contributed by atoms with van der Waals surface area (Å²) in [4.78, 5) is 4.03. The van der Waals surface area contributed by atoms with Crippen LogP contribution in [0.5, 0.6) is 0 Å². The number of nitrogens with zero attached hydrogens (tertiary/aromatic N) is 2. The van der Waals surface area contributed by atoms with Crippen molar-refractivity contribution in [1.82, 2.24) is 9.55 Å². The third-order valence-electron chi connectivity index (χ3n) is 2.48. The van der Waals surface area contributed by atoms with E-state index in [2.05, 4.69) is 4.98 Å². The van der Waals surface area contributed by atoms with Crippen LogP contribution in [0.2, 0.25) is 0 Å². The maximum Gasteiger partial charge on any atom is 0.0951 e. The van der Waals surface area contributed by atoms with Crippen molar-refractivity contribution in [2.24, 2.45) is 5.73 Å². The molecule has 0 aliphatic heterocycles. The molecule has 82 valence electrons. The van der Waals surface area contributed by atoms with Gasteiger partial charge in [-0.3, -0.25) is 5.41 Å². The fourth-order valence-corrected chi connectivity index (χ4v) is 1.73. The molecule has 0 saturated carbocycles. The van der Waals surface area contributed by atoms with E-state index >= 15 is 0 Å². The van der Waals surface area contributed by atoms with Crippen molar-refractivity contribution >= 4 is 5.84 Å². The second-order valence-corrected chi connectivity index (χ2v) is 3.67. The summed E-state index contributed by atoms with van der Waals surface area (Å²) in [5.74, 6) is 0.183. The molecule has 0 fully saturated rings. The highest BCUT2D eigenvalue weighted by atomic mass is 15.1. The molecule has 1 aromatic heterocycles. The molecular formula is C12H14N4. The molecule has 1 aromatic carbocycles. The van der Waals surface area contributed by atoms with E-state index in [-0.39, 0.29) is 11.9 Å². The molecule has 2 rings (SSSR count). The lowest BCUT2D eigenvalue weighted by Gasteiger charge is -2.18. The fraction of sp³-hybridized carbons (Fsp3) is 0.167. The van der Waals surface area contributed by atoms with E-state index in [1.807, 2.05) is 41.1 Å². The summed E-state index contributed by atoms with van der Waals surface area (Å²) < 4.78 is 1.97. The average Bonchev–Trinajstić information content (AvgIpc) is 2.80. The van der Waals surface area contributed by atoms with Crippen LogP contribution in [-0.2, 0) is 0 Å². The highest BCUT2D eigenvalue weighted by molar-refractivity contribution is 5.77. The lowest BCUT2D eigenvalue weighted by atomic mass is 10.0. The van der Waals surface area contributed by atoms with E-state index < -0.39 is 0 Å². The SMILES string of the molecule is N=C(N)CC(c1ccccc1)n1ccnc1. The zero-order valence-electron chi connectivity index (χ0n) is 8.88. The molecule has 0 radical (unpaired) electrons. The Morgan fingerprint density at radius 2 is 2.12 bits per heavy atom. The summed E-state index contributed by atoms with van der Waals surface area (Å²) >= 11 is 0. The van der Waals surface area contributed by atoms with Crippen molar-refractivity contribution in [2.75, 3.05) is 0 Å². The third-order valence-corrected chi connectivity index (χ3v) is 2.48. The number of hydrogen-bond acceptors (Lipinski definition) is 2. The molecule has 2 aromatic rings. The van der Waals surface area contributed by atoms with Gasteiger partial charge >= 0.3 is 0 Å². The number of imidazole rings is 1. The zero-order chi connectivity index (χ0) is 11.4. The summed E-state index contributed by atoms with van der Waals surface area (Å²) in [5.41, 5.74) is 6.62. The molecule has 0 aliphatic rings. The van der Waals surface area contributed by atoms with Gasteiger partial charge in [-0.15, -0.1) is 0 Å². The van der Waals surface area contributed by atoms with Crippen molar-refractivity contribution in [1.29, 1.82) is 5.41 Å². The minimum atomic E-state index is 0.0567. The molecular weight excluding hydrogens is 200 g/mol. The summed E-state index contributed by atoms with van der Waals surface area (Å²) in [5, 5.41) is 7.42. The number of rotatable bonds is 4. The van der Waals surface area contributed by atoms with E-state index in [4.69, 9.17) is 11.1 Å². The summed E-state index contributed by atoms with van der Waals surface area (Å²) in [7, 11) is 0. The molecule has 0 aliphatic carbocycles. The van der Waals surface area contributed by atoms with Crippen LogP contribution < -0.4 is 5.73 Å². The van der Waals surface area contributed by atoms with Gasteiger partial charge in [0.25, 0.3) is 0 Å². The zero-order valence-corrected chi connectivity index (χ0v) is 8.88. The highest BCUT2D eigenvalue weighted by Gasteiger charge is 2.13. The highest BCUT2D eigenvalue weighted by Crippen LogP contribution is 2.21. The number of benzene rings is 1.